The molecule has 0 fully saturated rings. The fraction of sp³-hybridized carbons (Fsp3) is 0.300. The van der Waals surface area contributed by atoms with Crippen LogP contribution in [0, 0.1) is 0 Å². The SMILES string of the molecule is CCCCNC(=O)c1ccccc1NC(=O)CSCc1c(Cl)cccc1Cl. The number of thioether (sulfide) groups is 1. The van der Waals surface area contributed by atoms with Gasteiger partial charge in [0.1, 0.15) is 0 Å². The minimum absolute atomic E-state index is 0.183. The summed E-state index contributed by atoms with van der Waals surface area (Å²) in [6.45, 7) is 2.68. The third kappa shape index (κ3) is 6.76. The second-order valence-electron chi connectivity index (χ2n) is 5.90. The second kappa shape index (κ2) is 11.2. The van der Waals surface area contributed by atoms with Crippen LogP contribution in [0.2, 0.25) is 10.0 Å². The average Bonchev–Trinajstić information content (AvgIpc) is 2.64. The van der Waals surface area contributed by atoms with Crippen molar-refractivity contribution in [2.24, 2.45) is 0 Å². The number of carbonyl (C=O) groups is 2. The summed E-state index contributed by atoms with van der Waals surface area (Å²) in [7, 11) is 0. The highest BCUT2D eigenvalue weighted by molar-refractivity contribution is 7.99. The van der Waals surface area contributed by atoms with E-state index in [2.05, 4.69) is 17.6 Å². The molecule has 0 heterocycles. The summed E-state index contributed by atoms with van der Waals surface area (Å²) in [5.74, 6) is 0.394. The molecular formula is C20H22Cl2N2O2S. The van der Waals surface area contributed by atoms with Crippen molar-refractivity contribution in [3.63, 3.8) is 0 Å². The Balaban J connectivity index is 1.91. The number of anilines is 1. The van der Waals surface area contributed by atoms with Crippen LogP contribution in [0.1, 0.15) is 35.7 Å². The molecule has 0 atom stereocenters. The molecule has 27 heavy (non-hydrogen) atoms. The molecular weight excluding hydrogens is 403 g/mol. The maximum atomic E-state index is 12.3. The molecule has 2 N–H and O–H groups in total. The average molecular weight is 425 g/mol. The lowest BCUT2D eigenvalue weighted by molar-refractivity contribution is -0.113. The topological polar surface area (TPSA) is 58.2 Å². The van der Waals surface area contributed by atoms with Crippen LogP contribution in [0.3, 0.4) is 0 Å². The molecule has 2 aromatic rings. The second-order valence-corrected chi connectivity index (χ2v) is 7.70. The van der Waals surface area contributed by atoms with Crippen molar-refractivity contribution < 1.29 is 9.59 Å². The normalized spacial score (nSPS) is 10.5. The van der Waals surface area contributed by atoms with Crippen molar-refractivity contribution in [3.05, 3.63) is 63.6 Å². The summed E-state index contributed by atoms with van der Waals surface area (Å²) in [5, 5.41) is 6.85. The van der Waals surface area contributed by atoms with Gasteiger partial charge in [0.2, 0.25) is 5.91 Å². The molecule has 0 aliphatic heterocycles. The number of para-hydroxylation sites is 1. The van der Waals surface area contributed by atoms with E-state index in [0.29, 0.717) is 33.6 Å². The first kappa shape index (κ1) is 21.6. The molecule has 2 rings (SSSR count). The zero-order valence-electron chi connectivity index (χ0n) is 15.1. The zero-order valence-corrected chi connectivity index (χ0v) is 17.4. The van der Waals surface area contributed by atoms with Crippen molar-refractivity contribution >= 4 is 52.5 Å². The van der Waals surface area contributed by atoms with E-state index < -0.39 is 0 Å². The number of benzene rings is 2. The van der Waals surface area contributed by atoms with Gasteiger partial charge in [-0.3, -0.25) is 9.59 Å². The molecule has 0 spiro atoms. The summed E-state index contributed by atoms with van der Waals surface area (Å²) < 4.78 is 0. The number of amides is 2. The van der Waals surface area contributed by atoms with Crippen molar-refractivity contribution in [2.75, 3.05) is 17.6 Å². The Labute approximate surface area is 174 Å². The maximum absolute atomic E-state index is 12.3. The Morgan fingerprint density at radius 1 is 1.04 bits per heavy atom. The fourth-order valence-electron chi connectivity index (χ4n) is 2.37. The minimum Gasteiger partial charge on any atom is -0.352 e. The smallest absolute Gasteiger partial charge is 0.253 e. The predicted octanol–water partition coefficient (Wildman–Crippen LogP) is 5.40. The summed E-state index contributed by atoms with van der Waals surface area (Å²) in [6, 6.07) is 12.3. The highest BCUT2D eigenvalue weighted by atomic mass is 35.5. The van der Waals surface area contributed by atoms with Gasteiger partial charge in [-0.2, -0.15) is 0 Å². The summed E-state index contributed by atoms with van der Waals surface area (Å²) in [4.78, 5) is 24.6. The third-order valence-corrected chi connectivity index (χ3v) is 5.47. The number of hydrogen-bond donors (Lipinski definition) is 2. The van der Waals surface area contributed by atoms with E-state index in [1.165, 1.54) is 11.8 Å². The Morgan fingerprint density at radius 2 is 1.74 bits per heavy atom. The number of carbonyl (C=O) groups excluding carboxylic acids is 2. The molecule has 2 aromatic carbocycles. The zero-order chi connectivity index (χ0) is 19.6. The number of unbranched alkanes of at least 4 members (excludes halogenated alkanes) is 1. The van der Waals surface area contributed by atoms with E-state index in [9.17, 15) is 9.59 Å². The van der Waals surface area contributed by atoms with Gasteiger partial charge in [-0.25, -0.2) is 0 Å². The first-order chi connectivity index (χ1) is 13.0. The van der Waals surface area contributed by atoms with E-state index in [4.69, 9.17) is 23.2 Å². The predicted molar refractivity (Wildman–Crippen MR) is 115 cm³/mol. The standard InChI is InChI=1S/C20H22Cl2N2O2S/c1-2-3-11-23-20(26)14-7-4-5-10-18(14)24-19(25)13-27-12-15-16(21)8-6-9-17(15)22/h4-10H,2-3,11-13H2,1H3,(H,23,26)(H,24,25). The van der Waals surface area contributed by atoms with E-state index in [1.807, 2.05) is 0 Å². The lowest BCUT2D eigenvalue weighted by Gasteiger charge is -2.11. The summed E-state index contributed by atoms with van der Waals surface area (Å²) in [6.07, 6.45) is 1.92. The Kier molecular flexibility index (Phi) is 8.98. The van der Waals surface area contributed by atoms with Gasteiger partial charge in [0, 0.05) is 22.3 Å². The van der Waals surface area contributed by atoms with Gasteiger partial charge in [-0.1, -0.05) is 54.7 Å². The quantitative estimate of drug-likeness (QED) is 0.530. The fourth-order valence-corrected chi connectivity index (χ4v) is 3.93. The van der Waals surface area contributed by atoms with E-state index in [0.717, 1.165) is 18.4 Å². The molecule has 0 aliphatic carbocycles. The lowest BCUT2D eigenvalue weighted by Crippen LogP contribution is -2.26. The minimum atomic E-state index is -0.185. The van der Waals surface area contributed by atoms with Gasteiger partial charge >= 0.3 is 0 Å². The summed E-state index contributed by atoms with van der Waals surface area (Å²) >= 11 is 13.7. The van der Waals surface area contributed by atoms with Crippen LogP contribution in [-0.4, -0.2) is 24.1 Å². The van der Waals surface area contributed by atoms with Crippen molar-refractivity contribution in [3.8, 4) is 0 Å². The number of halogens is 2. The van der Waals surface area contributed by atoms with Gasteiger partial charge in [0.25, 0.3) is 5.91 Å². The largest absolute Gasteiger partial charge is 0.352 e. The molecule has 0 aliphatic rings. The van der Waals surface area contributed by atoms with Crippen LogP contribution < -0.4 is 10.6 Å². The number of hydrogen-bond acceptors (Lipinski definition) is 3. The highest BCUT2D eigenvalue weighted by Gasteiger charge is 2.13. The van der Waals surface area contributed by atoms with Crippen molar-refractivity contribution in [1.82, 2.24) is 5.32 Å². The van der Waals surface area contributed by atoms with Gasteiger partial charge < -0.3 is 10.6 Å². The van der Waals surface area contributed by atoms with Gasteiger partial charge in [0.15, 0.2) is 0 Å². The van der Waals surface area contributed by atoms with E-state index in [-0.39, 0.29) is 17.6 Å². The highest BCUT2D eigenvalue weighted by Crippen LogP contribution is 2.28. The third-order valence-electron chi connectivity index (χ3n) is 3.80. The lowest BCUT2D eigenvalue weighted by atomic mass is 10.1. The number of rotatable bonds is 9. The first-order valence-electron chi connectivity index (χ1n) is 8.70. The van der Waals surface area contributed by atoms with E-state index in [1.54, 1.807) is 42.5 Å². The molecule has 0 saturated carbocycles. The summed E-state index contributed by atoms with van der Waals surface area (Å²) in [5.41, 5.74) is 1.78. The maximum Gasteiger partial charge on any atom is 0.253 e. The molecule has 7 heteroatoms. The van der Waals surface area contributed by atoms with Crippen molar-refractivity contribution in [2.45, 2.75) is 25.5 Å². The molecule has 0 unspecified atom stereocenters. The molecule has 144 valence electrons. The van der Waals surface area contributed by atoms with Crippen LogP contribution in [-0.2, 0) is 10.5 Å². The molecule has 0 aromatic heterocycles. The molecule has 0 saturated heterocycles. The molecule has 0 bridgehead atoms. The molecule has 2 amide bonds. The van der Waals surface area contributed by atoms with Crippen LogP contribution in [0.25, 0.3) is 0 Å². The van der Waals surface area contributed by atoms with Gasteiger partial charge in [-0.15, -0.1) is 11.8 Å². The van der Waals surface area contributed by atoms with Crippen molar-refractivity contribution in [1.29, 1.82) is 0 Å². The number of nitrogens with one attached hydrogen (secondary N) is 2. The van der Waals surface area contributed by atoms with Crippen LogP contribution in [0.5, 0.6) is 0 Å². The van der Waals surface area contributed by atoms with Crippen LogP contribution in [0.4, 0.5) is 5.69 Å². The molecule has 0 radical (unpaired) electrons. The Morgan fingerprint density at radius 3 is 2.44 bits per heavy atom. The first-order valence-corrected chi connectivity index (χ1v) is 10.6. The Hall–Kier alpha value is -1.69. The monoisotopic (exact) mass is 424 g/mol. The van der Waals surface area contributed by atoms with E-state index >= 15 is 0 Å². The van der Waals surface area contributed by atoms with Gasteiger partial charge in [-0.05, 0) is 36.2 Å². The van der Waals surface area contributed by atoms with Gasteiger partial charge in [0.05, 0.1) is 17.0 Å². The Bertz CT molecular complexity index is 779. The molecule has 4 nitrogen and oxygen atoms in total. The van der Waals surface area contributed by atoms with Crippen LogP contribution in [0.15, 0.2) is 42.5 Å². The van der Waals surface area contributed by atoms with Crippen LogP contribution >= 0.6 is 35.0 Å².